The second kappa shape index (κ2) is 8.57. The molecule has 4 heterocycles. The molecule has 1 atom stereocenters. The maximum Gasteiger partial charge on any atom is 0.490 e. The van der Waals surface area contributed by atoms with Gasteiger partial charge in [0.25, 0.3) is 5.91 Å². The summed E-state index contributed by atoms with van der Waals surface area (Å²) in [5.41, 5.74) is 2.26. The van der Waals surface area contributed by atoms with Gasteiger partial charge in [0.2, 0.25) is 5.88 Å². The highest BCUT2D eigenvalue weighted by atomic mass is 32.2. The van der Waals surface area contributed by atoms with Gasteiger partial charge in [0.05, 0.1) is 10.3 Å². The summed E-state index contributed by atoms with van der Waals surface area (Å²) in [6.07, 6.45) is -2.20. The molecule has 2 fully saturated rings. The molecule has 0 aliphatic carbocycles. The number of pyridine rings is 1. The Kier molecular flexibility index (Phi) is 6.32. The molecular formula is C17H16F3N3O4S2. The van der Waals surface area contributed by atoms with E-state index in [0.717, 1.165) is 25.3 Å². The number of carbonyl (C=O) groups excluding carboxylic acids is 1. The second-order valence-electron chi connectivity index (χ2n) is 6.44. The van der Waals surface area contributed by atoms with Gasteiger partial charge in [0, 0.05) is 42.9 Å². The van der Waals surface area contributed by atoms with Gasteiger partial charge in [0.15, 0.2) is 0 Å². The minimum absolute atomic E-state index is 0.0431. The van der Waals surface area contributed by atoms with E-state index in [-0.39, 0.29) is 16.8 Å². The van der Waals surface area contributed by atoms with Crippen molar-refractivity contribution in [1.29, 1.82) is 0 Å². The van der Waals surface area contributed by atoms with Gasteiger partial charge in [-0.2, -0.15) is 13.2 Å². The molecule has 12 heteroatoms. The van der Waals surface area contributed by atoms with Crippen molar-refractivity contribution in [2.75, 3.05) is 18.8 Å². The SMILES string of the molecule is O=C(O)C(F)(F)F.O=C(c1cscn1)N1CC2(CC(Oc3ccccn3)CS2)C1. The topological polar surface area (TPSA) is 92.6 Å². The van der Waals surface area contributed by atoms with E-state index in [2.05, 4.69) is 9.97 Å². The van der Waals surface area contributed by atoms with Crippen molar-refractivity contribution in [1.82, 2.24) is 14.9 Å². The molecule has 4 rings (SSSR count). The summed E-state index contributed by atoms with van der Waals surface area (Å²) in [7, 11) is 0. The number of ether oxygens (including phenoxy) is 1. The van der Waals surface area contributed by atoms with Crippen LogP contribution in [0.25, 0.3) is 0 Å². The molecule has 2 aliphatic heterocycles. The third kappa shape index (κ3) is 5.38. The number of thiazole rings is 1. The molecule has 1 spiro atoms. The van der Waals surface area contributed by atoms with Gasteiger partial charge in [-0.3, -0.25) is 4.79 Å². The lowest BCUT2D eigenvalue weighted by molar-refractivity contribution is -0.192. The van der Waals surface area contributed by atoms with Crippen molar-refractivity contribution in [3.05, 3.63) is 41.0 Å². The molecule has 1 N–H and O–H groups in total. The van der Waals surface area contributed by atoms with Crippen molar-refractivity contribution in [3.8, 4) is 5.88 Å². The standard InChI is InChI=1S/C15H15N3O2S2.C2HF3O2/c19-14(12-7-21-10-17-12)18-8-15(9-18)5-11(6-22-15)20-13-3-1-2-4-16-13;3-2(4,5)1(6)7/h1-4,7,10-11H,5-6,8-9H2;(H,6,7). The maximum atomic E-state index is 12.2. The van der Waals surface area contributed by atoms with Crippen molar-refractivity contribution in [2.24, 2.45) is 0 Å². The van der Waals surface area contributed by atoms with Crippen LogP contribution in [0.15, 0.2) is 35.3 Å². The first kappa shape index (κ1) is 21.4. The number of amides is 1. The van der Waals surface area contributed by atoms with E-state index in [1.54, 1.807) is 11.7 Å². The highest BCUT2D eigenvalue weighted by molar-refractivity contribution is 8.01. The number of hydrogen-bond acceptors (Lipinski definition) is 7. The molecular weight excluding hydrogens is 431 g/mol. The summed E-state index contributed by atoms with van der Waals surface area (Å²) in [6.45, 7) is 1.58. The van der Waals surface area contributed by atoms with Crippen molar-refractivity contribution in [3.63, 3.8) is 0 Å². The number of rotatable bonds is 3. The summed E-state index contributed by atoms with van der Waals surface area (Å²) in [4.78, 5) is 31.3. The third-order valence-electron chi connectivity index (χ3n) is 4.24. The number of alkyl halides is 3. The molecule has 2 aliphatic rings. The molecule has 0 bridgehead atoms. The van der Waals surface area contributed by atoms with Gasteiger partial charge in [0.1, 0.15) is 11.8 Å². The van der Waals surface area contributed by atoms with Gasteiger partial charge >= 0.3 is 12.1 Å². The highest BCUT2D eigenvalue weighted by Crippen LogP contribution is 2.46. The quantitative estimate of drug-likeness (QED) is 0.773. The van der Waals surface area contributed by atoms with Crippen LogP contribution in [-0.4, -0.2) is 67.7 Å². The van der Waals surface area contributed by atoms with Crippen LogP contribution in [0.1, 0.15) is 16.9 Å². The monoisotopic (exact) mass is 447 g/mol. The second-order valence-corrected chi connectivity index (χ2v) is 8.65. The van der Waals surface area contributed by atoms with Crippen LogP contribution in [0.4, 0.5) is 13.2 Å². The molecule has 0 radical (unpaired) electrons. The van der Waals surface area contributed by atoms with E-state index < -0.39 is 12.1 Å². The first-order valence-corrected chi connectivity index (χ1v) is 10.3. The fraction of sp³-hybridized carbons (Fsp3) is 0.412. The summed E-state index contributed by atoms with van der Waals surface area (Å²) in [5, 5.41) is 8.93. The zero-order valence-corrected chi connectivity index (χ0v) is 16.5. The molecule has 0 saturated carbocycles. The van der Waals surface area contributed by atoms with E-state index in [0.29, 0.717) is 11.6 Å². The number of aromatic nitrogens is 2. The van der Waals surface area contributed by atoms with Gasteiger partial charge in [-0.15, -0.1) is 23.1 Å². The number of nitrogens with zero attached hydrogens (tertiary/aromatic N) is 3. The zero-order valence-electron chi connectivity index (χ0n) is 14.8. The van der Waals surface area contributed by atoms with E-state index in [1.165, 1.54) is 11.3 Å². The average Bonchev–Trinajstić information content (AvgIpc) is 3.31. The Morgan fingerprint density at radius 1 is 1.28 bits per heavy atom. The minimum Gasteiger partial charge on any atom is -0.475 e. The lowest BCUT2D eigenvalue weighted by Gasteiger charge is -2.47. The highest BCUT2D eigenvalue weighted by Gasteiger charge is 2.51. The normalized spacial score (nSPS) is 19.8. The van der Waals surface area contributed by atoms with Crippen LogP contribution >= 0.6 is 23.1 Å². The van der Waals surface area contributed by atoms with Crippen LogP contribution in [0, 0.1) is 0 Å². The number of carbonyl (C=O) groups is 2. The Labute approximate surface area is 171 Å². The van der Waals surface area contributed by atoms with Crippen LogP contribution in [0.3, 0.4) is 0 Å². The predicted octanol–water partition coefficient (Wildman–Crippen LogP) is 2.95. The average molecular weight is 447 g/mol. The first-order valence-electron chi connectivity index (χ1n) is 8.38. The number of carboxylic acids is 1. The minimum atomic E-state index is -5.08. The zero-order chi connectivity index (χ0) is 21.1. The van der Waals surface area contributed by atoms with Crippen LogP contribution in [0.5, 0.6) is 5.88 Å². The number of hydrogen-bond donors (Lipinski definition) is 1. The largest absolute Gasteiger partial charge is 0.490 e. The first-order chi connectivity index (χ1) is 13.7. The van der Waals surface area contributed by atoms with Gasteiger partial charge in [-0.1, -0.05) is 6.07 Å². The summed E-state index contributed by atoms with van der Waals surface area (Å²) < 4.78 is 37.8. The fourth-order valence-electron chi connectivity index (χ4n) is 2.96. The third-order valence-corrected chi connectivity index (χ3v) is 6.40. The Balaban J connectivity index is 0.000000298. The number of aliphatic carboxylic acids is 1. The lowest BCUT2D eigenvalue weighted by atomic mass is 9.92. The summed E-state index contributed by atoms with van der Waals surface area (Å²) in [6, 6.07) is 5.69. The van der Waals surface area contributed by atoms with E-state index in [4.69, 9.17) is 14.6 Å². The predicted molar refractivity (Wildman–Crippen MR) is 100 cm³/mol. The fourth-order valence-corrected chi connectivity index (χ4v) is 5.01. The Hall–Kier alpha value is -2.34. The Morgan fingerprint density at radius 3 is 2.55 bits per heavy atom. The smallest absolute Gasteiger partial charge is 0.475 e. The van der Waals surface area contributed by atoms with Crippen molar-refractivity contribution in [2.45, 2.75) is 23.4 Å². The molecule has 7 nitrogen and oxygen atoms in total. The van der Waals surface area contributed by atoms with Crippen LogP contribution in [0.2, 0.25) is 0 Å². The maximum absolute atomic E-state index is 12.2. The van der Waals surface area contributed by atoms with E-state index in [1.807, 2.05) is 40.2 Å². The van der Waals surface area contributed by atoms with Crippen molar-refractivity contribution < 1.29 is 32.6 Å². The van der Waals surface area contributed by atoms with Gasteiger partial charge < -0.3 is 14.7 Å². The Bertz CT molecular complexity index is 843. The van der Waals surface area contributed by atoms with Gasteiger partial charge in [-0.05, 0) is 6.07 Å². The van der Waals surface area contributed by atoms with E-state index >= 15 is 0 Å². The number of thioether (sulfide) groups is 1. The molecule has 0 aromatic carbocycles. The summed E-state index contributed by atoms with van der Waals surface area (Å²) >= 11 is 3.37. The number of carboxylic acid groups (broad SMARTS) is 1. The Morgan fingerprint density at radius 2 is 2.00 bits per heavy atom. The molecule has 29 heavy (non-hydrogen) atoms. The molecule has 156 valence electrons. The van der Waals surface area contributed by atoms with E-state index in [9.17, 15) is 18.0 Å². The lowest BCUT2D eigenvalue weighted by Crippen LogP contribution is -2.60. The molecule has 1 unspecified atom stereocenters. The number of likely N-dealkylation sites (tertiary alicyclic amines) is 1. The van der Waals surface area contributed by atoms with Crippen LogP contribution in [-0.2, 0) is 4.79 Å². The molecule has 2 aromatic rings. The summed E-state index contributed by atoms with van der Waals surface area (Å²) in [5.74, 6) is -1.08. The van der Waals surface area contributed by atoms with Crippen LogP contribution < -0.4 is 4.74 Å². The number of halogens is 3. The van der Waals surface area contributed by atoms with Crippen molar-refractivity contribution >= 4 is 35.0 Å². The molecule has 1 amide bonds. The van der Waals surface area contributed by atoms with Gasteiger partial charge in [-0.25, -0.2) is 14.8 Å². The molecule has 2 saturated heterocycles. The molecule has 2 aromatic heterocycles.